The molecule has 0 aliphatic carbocycles. The Balaban J connectivity index is 2.59. The summed E-state index contributed by atoms with van der Waals surface area (Å²) in [6, 6.07) is 5.69. The standard InChI is InChI=1S/C14H17ClN2O2/c1-16-7-6-9-4-5-10-13(17-9)12(18-2)8-11(15)14(10)19-3/h4-5,8,16H,6-7H2,1-3H3. The molecule has 19 heavy (non-hydrogen) atoms. The van der Waals surface area contributed by atoms with E-state index in [9.17, 15) is 0 Å². The lowest BCUT2D eigenvalue weighted by atomic mass is 10.1. The van der Waals surface area contributed by atoms with E-state index in [1.807, 2.05) is 19.2 Å². The van der Waals surface area contributed by atoms with Gasteiger partial charge in [-0.3, -0.25) is 0 Å². The highest BCUT2D eigenvalue weighted by molar-refractivity contribution is 6.33. The van der Waals surface area contributed by atoms with E-state index in [-0.39, 0.29) is 0 Å². The SMILES string of the molecule is CNCCc1ccc2c(OC)c(Cl)cc(OC)c2n1. The summed E-state index contributed by atoms with van der Waals surface area (Å²) < 4.78 is 10.7. The highest BCUT2D eigenvalue weighted by Gasteiger charge is 2.13. The van der Waals surface area contributed by atoms with Crippen molar-refractivity contribution in [2.75, 3.05) is 27.8 Å². The molecular formula is C14H17ClN2O2. The van der Waals surface area contributed by atoms with Crippen molar-refractivity contribution in [1.82, 2.24) is 10.3 Å². The first-order chi connectivity index (χ1) is 9.21. The van der Waals surface area contributed by atoms with Crippen molar-refractivity contribution in [3.05, 3.63) is 28.9 Å². The molecule has 0 fully saturated rings. The zero-order valence-electron chi connectivity index (χ0n) is 11.3. The molecule has 0 amide bonds. The molecule has 1 heterocycles. The van der Waals surface area contributed by atoms with Crippen LogP contribution in [0, 0.1) is 0 Å². The van der Waals surface area contributed by atoms with Gasteiger partial charge < -0.3 is 14.8 Å². The summed E-state index contributed by atoms with van der Waals surface area (Å²) in [5.41, 5.74) is 1.78. The average molecular weight is 281 g/mol. The lowest BCUT2D eigenvalue weighted by molar-refractivity contribution is 0.410. The smallest absolute Gasteiger partial charge is 0.147 e. The van der Waals surface area contributed by atoms with Gasteiger partial charge in [0.1, 0.15) is 17.0 Å². The molecule has 0 saturated heterocycles. The molecule has 1 aromatic heterocycles. The first-order valence-corrected chi connectivity index (χ1v) is 6.43. The Morgan fingerprint density at radius 3 is 2.68 bits per heavy atom. The fourth-order valence-corrected chi connectivity index (χ4v) is 2.28. The van der Waals surface area contributed by atoms with Crippen LogP contribution in [0.5, 0.6) is 11.5 Å². The van der Waals surface area contributed by atoms with Gasteiger partial charge in [-0.2, -0.15) is 0 Å². The van der Waals surface area contributed by atoms with Crippen molar-refractivity contribution in [2.45, 2.75) is 6.42 Å². The van der Waals surface area contributed by atoms with E-state index in [2.05, 4.69) is 10.3 Å². The number of pyridine rings is 1. The number of rotatable bonds is 5. The van der Waals surface area contributed by atoms with Crippen LogP contribution in [0.25, 0.3) is 10.9 Å². The quantitative estimate of drug-likeness (QED) is 0.914. The molecular weight excluding hydrogens is 264 g/mol. The number of nitrogens with one attached hydrogen (secondary N) is 1. The van der Waals surface area contributed by atoms with Crippen LogP contribution >= 0.6 is 11.6 Å². The van der Waals surface area contributed by atoms with Crippen LogP contribution in [0.2, 0.25) is 5.02 Å². The molecule has 1 N–H and O–H groups in total. The Labute approximate surface area is 117 Å². The average Bonchev–Trinajstić information content (AvgIpc) is 2.44. The van der Waals surface area contributed by atoms with Gasteiger partial charge in [0.05, 0.1) is 19.2 Å². The summed E-state index contributed by atoms with van der Waals surface area (Å²) >= 11 is 6.17. The number of halogens is 1. The summed E-state index contributed by atoms with van der Waals surface area (Å²) in [4.78, 5) is 4.63. The molecule has 0 unspecified atom stereocenters. The van der Waals surface area contributed by atoms with Crippen LogP contribution in [0.4, 0.5) is 0 Å². The molecule has 5 heteroatoms. The number of hydrogen-bond donors (Lipinski definition) is 1. The maximum atomic E-state index is 6.17. The summed E-state index contributed by atoms with van der Waals surface area (Å²) in [6.45, 7) is 0.881. The van der Waals surface area contributed by atoms with Crippen molar-refractivity contribution in [1.29, 1.82) is 0 Å². The third-order valence-corrected chi connectivity index (χ3v) is 3.24. The van der Waals surface area contributed by atoms with E-state index in [1.165, 1.54) is 0 Å². The number of aromatic nitrogens is 1. The zero-order chi connectivity index (χ0) is 13.8. The molecule has 0 bridgehead atoms. The molecule has 0 radical (unpaired) electrons. The number of nitrogens with zero attached hydrogens (tertiary/aromatic N) is 1. The Morgan fingerprint density at radius 2 is 2.05 bits per heavy atom. The molecule has 0 aliphatic heterocycles. The molecule has 0 atom stereocenters. The van der Waals surface area contributed by atoms with Crippen molar-refractivity contribution in [3.63, 3.8) is 0 Å². The van der Waals surface area contributed by atoms with Gasteiger partial charge in [-0.1, -0.05) is 11.6 Å². The van der Waals surface area contributed by atoms with Gasteiger partial charge in [0, 0.05) is 30.1 Å². The van der Waals surface area contributed by atoms with Gasteiger partial charge >= 0.3 is 0 Å². The predicted molar refractivity (Wildman–Crippen MR) is 77.5 cm³/mol. The lowest BCUT2D eigenvalue weighted by Crippen LogP contribution is -2.11. The summed E-state index contributed by atoms with van der Waals surface area (Å²) in [5.74, 6) is 1.29. The minimum atomic E-state index is 0.525. The van der Waals surface area contributed by atoms with Gasteiger partial charge in [-0.15, -0.1) is 0 Å². The summed E-state index contributed by atoms with van der Waals surface area (Å²) in [7, 11) is 5.13. The summed E-state index contributed by atoms with van der Waals surface area (Å²) in [6.07, 6.45) is 0.862. The first-order valence-electron chi connectivity index (χ1n) is 6.06. The van der Waals surface area contributed by atoms with Crippen molar-refractivity contribution >= 4 is 22.5 Å². The first kappa shape index (κ1) is 13.9. The molecule has 102 valence electrons. The molecule has 1 aromatic carbocycles. The molecule has 2 rings (SSSR count). The van der Waals surface area contributed by atoms with Gasteiger partial charge in [0.25, 0.3) is 0 Å². The van der Waals surface area contributed by atoms with Crippen LogP contribution in [0.15, 0.2) is 18.2 Å². The number of benzene rings is 1. The van der Waals surface area contributed by atoms with Crippen LogP contribution in [0.3, 0.4) is 0 Å². The van der Waals surface area contributed by atoms with E-state index in [0.717, 1.165) is 29.6 Å². The topological polar surface area (TPSA) is 43.4 Å². The van der Waals surface area contributed by atoms with Gasteiger partial charge in [-0.05, 0) is 19.2 Å². The summed E-state index contributed by atoms with van der Waals surface area (Å²) in [5, 5.41) is 4.49. The minimum Gasteiger partial charge on any atom is -0.494 e. The van der Waals surface area contributed by atoms with E-state index in [4.69, 9.17) is 21.1 Å². The molecule has 0 spiro atoms. The highest BCUT2D eigenvalue weighted by Crippen LogP contribution is 2.38. The normalized spacial score (nSPS) is 10.7. The zero-order valence-corrected chi connectivity index (χ0v) is 12.0. The number of ether oxygens (including phenoxy) is 2. The number of fused-ring (bicyclic) bond motifs is 1. The fourth-order valence-electron chi connectivity index (χ4n) is 2.00. The van der Waals surface area contributed by atoms with E-state index in [0.29, 0.717) is 16.5 Å². The second kappa shape index (κ2) is 6.08. The second-order valence-corrected chi connectivity index (χ2v) is 4.55. The van der Waals surface area contributed by atoms with Crippen molar-refractivity contribution in [2.24, 2.45) is 0 Å². The van der Waals surface area contributed by atoms with Crippen LogP contribution in [-0.4, -0.2) is 32.8 Å². The molecule has 0 saturated carbocycles. The number of hydrogen-bond acceptors (Lipinski definition) is 4. The Kier molecular flexibility index (Phi) is 4.45. The van der Waals surface area contributed by atoms with Crippen LogP contribution < -0.4 is 14.8 Å². The van der Waals surface area contributed by atoms with Crippen molar-refractivity contribution in [3.8, 4) is 11.5 Å². The van der Waals surface area contributed by atoms with Crippen molar-refractivity contribution < 1.29 is 9.47 Å². The second-order valence-electron chi connectivity index (χ2n) is 4.15. The maximum Gasteiger partial charge on any atom is 0.147 e. The Bertz CT molecular complexity index is 587. The minimum absolute atomic E-state index is 0.525. The molecule has 2 aromatic rings. The van der Waals surface area contributed by atoms with E-state index < -0.39 is 0 Å². The van der Waals surface area contributed by atoms with Crippen LogP contribution in [0.1, 0.15) is 5.69 Å². The fraction of sp³-hybridized carbons (Fsp3) is 0.357. The third kappa shape index (κ3) is 2.74. The Morgan fingerprint density at radius 1 is 1.26 bits per heavy atom. The largest absolute Gasteiger partial charge is 0.494 e. The van der Waals surface area contributed by atoms with Crippen LogP contribution in [-0.2, 0) is 6.42 Å². The van der Waals surface area contributed by atoms with Gasteiger partial charge in [0.15, 0.2) is 0 Å². The number of likely N-dealkylation sites (N-methyl/N-ethyl adjacent to an activating group) is 1. The number of methoxy groups -OCH3 is 2. The molecule has 0 aliphatic rings. The molecule has 4 nitrogen and oxygen atoms in total. The van der Waals surface area contributed by atoms with Gasteiger partial charge in [-0.25, -0.2) is 4.98 Å². The van der Waals surface area contributed by atoms with E-state index in [1.54, 1.807) is 20.3 Å². The highest BCUT2D eigenvalue weighted by atomic mass is 35.5. The van der Waals surface area contributed by atoms with Gasteiger partial charge in [0.2, 0.25) is 0 Å². The Hall–Kier alpha value is -1.52. The third-order valence-electron chi connectivity index (χ3n) is 2.96. The van der Waals surface area contributed by atoms with E-state index >= 15 is 0 Å². The predicted octanol–water partition coefficient (Wildman–Crippen LogP) is 2.67. The monoisotopic (exact) mass is 280 g/mol. The maximum absolute atomic E-state index is 6.17. The lowest BCUT2D eigenvalue weighted by Gasteiger charge is -2.12.